The van der Waals surface area contributed by atoms with Crippen LogP contribution in [0.4, 0.5) is 11.4 Å². The zero-order valence-electron chi connectivity index (χ0n) is 14.3. The number of carbonyl (C=O) groups is 2. The van der Waals surface area contributed by atoms with E-state index in [0.29, 0.717) is 12.8 Å². The van der Waals surface area contributed by atoms with Crippen molar-refractivity contribution in [2.24, 2.45) is 0 Å². The predicted molar refractivity (Wildman–Crippen MR) is 99.6 cm³/mol. The lowest BCUT2D eigenvalue weighted by atomic mass is 10.0. The molecular weight excluding hydrogens is 314 g/mol. The molecular formula is C20H23N3O2. The van der Waals surface area contributed by atoms with E-state index in [1.165, 1.54) is 0 Å². The monoisotopic (exact) mass is 337 g/mol. The molecule has 1 heterocycles. The van der Waals surface area contributed by atoms with Gasteiger partial charge >= 0.3 is 0 Å². The van der Waals surface area contributed by atoms with Gasteiger partial charge in [0.05, 0.1) is 0 Å². The average Bonchev–Trinajstić information content (AvgIpc) is 2.81. The molecule has 5 nitrogen and oxygen atoms in total. The summed E-state index contributed by atoms with van der Waals surface area (Å²) in [4.78, 5) is 23.9. The number of nitrogens with one attached hydrogen (secondary N) is 3. The number of amides is 2. The SMILES string of the molecule is CNC(=O)[C@@H](Cc1ccccc1)Nc1ccc2c(c1)CCCC(=O)N2. The summed E-state index contributed by atoms with van der Waals surface area (Å²) in [6.45, 7) is 0. The number of hydrogen-bond acceptors (Lipinski definition) is 3. The molecule has 1 atom stereocenters. The summed E-state index contributed by atoms with van der Waals surface area (Å²) in [5.74, 6) is 0.0128. The van der Waals surface area contributed by atoms with Gasteiger partial charge in [-0.05, 0) is 42.2 Å². The van der Waals surface area contributed by atoms with Gasteiger partial charge in [-0.25, -0.2) is 0 Å². The smallest absolute Gasteiger partial charge is 0.242 e. The largest absolute Gasteiger partial charge is 0.373 e. The van der Waals surface area contributed by atoms with Gasteiger partial charge in [-0.15, -0.1) is 0 Å². The minimum absolute atomic E-state index is 0.0490. The number of aryl methyl sites for hydroxylation is 1. The van der Waals surface area contributed by atoms with Gasteiger partial charge in [0, 0.05) is 31.3 Å². The van der Waals surface area contributed by atoms with Crippen LogP contribution in [0, 0.1) is 0 Å². The third kappa shape index (κ3) is 4.38. The molecule has 2 aromatic carbocycles. The Hall–Kier alpha value is -2.82. The van der Waals surface area contributed by atoms with Gasteiger partial charge in [-0.1, -0.05) is 30.3 Å². The topological polar surface area (TPSA) is 70.2 Å². The molecule has 130 valence electrons. The van der Waals surface area contributed by atoms with Crippen LogP contribution in [-0.4, -0.2) is 24.9 Å². The lowest BCUT2D eigenvalue weighted by Gasteiger charge is -2.20. The first kappa shape index (κ1) is 17.0. The van der Waals surface area contributed by atoms with Crippen LogP contribution in [0.2, 0.25) is 0 Å². The van der Waals surface area contributed by atoms with Crippen LogP contribution in [0.25, 0.3) is 0 Å². The standard InChI is InChI=1S/C20H23N3O2/c1-21-20(25)18(12-14-6-3-2-4-7-14)22-16-10-11-17-15(13-16)8-5-9-19(24)23-17/h2-4,6-7,10-11,13,18,22H,5,8-9,12H2,1H3,(H,21,25)(H,23,24)/t18-/m1/s1. The molecule has 2 aromatic rings. The van der Waals surface area contributed by atoms with Gasteiger partial charge in [0.25, 0.3) is 0 Å². The van der Waals surface area contributed by atoms with Crippen molar-refractivity contribution >= 4 is 23.2 Å². The maximum absolute atomic E-state index is 12.3. The lowest BCUT2D eigenvalue weighted by Crippen LogP contribution is -2.39. The average molecular weight is 337 g/mol. The molecule has 0 fully saturated rings. The van der Waals surface area contributed by atoms with Crippen molar-refractivity contribution in [1.82, 2.24) is 5.32 Å². The summed E-state index contributed by atoms with van der Waals surface area (Å²) < 4.78 is 0. The lowest BCUT2D eigenvalue weighted by molar-refractivity contribution is -0.121. The van der Waals surface area contributed by atoms with E-state index in [1.807, 2.05) is 48.5 Å². The van der Waals surface area contributed by atoms with Gasteiger partial charge in [0.2, 0.25) is 11.8 Å². The zero-order chi connectivity index (χ0) is 17.6. The summed E-state index contributed by atoms with van der Waals surface area (Å²) in [5, 5.41) is 8.99. The molecule has 1 aliphatic rings. The van der Waals surface area contributed by atoms with Crippen molar-refractivity contribution in [3.63, 3.8) is 0 Å². The number of fused-ring (bicyclic) bond motifs is 1. The van der Waals surface area contributed by atoms with Crippen molar-refractivity contribution in [1.29, 1.82) is 0 Å². The second-order valence-corrected chi connectivity index (χ2v) is 6.27. The first-order valence-electron chi connectivity index (χ1n) is 8.60. The van der Waals surface area contributed by atoms with E-state index in [-0.39, 0.29) is 17.9 Å². The molecule has 1 aliphatic heterocycles. The molecule has 0 unspecified atom stereocenters. The predicted octanol–water partition coefficient (Wildman–Crippen LogP) is 2.73. The Morgan fingerprint density at radius 1 is 1.16 bits per heavy atom. The molecule has 5 heteroatoms. The third-order valence-electron chi connectivity index (χ3n) is 4.42. The van der Waals surface area contributed by atoms with Crippen LogP contribution >= 0.6 is 0 Å². The van der Waals surface area contributed by atoms with Crippen LogP contribution in [0.3, 0.4) is 0 Å². The van der Waals surface area contributed by atoms with E-state index in [0.717, 1.165) is 35.3 Å². The number of hydrogen-bond donors (Lipinski definition) is 3. The number of likely N-dealkylation sites (N-methyl/N-ethyl adjacent to an activating group) is 1. The number of carbonyl (C=O) groups excluding carboxylic acids is 2. The molecule has 0 bridgehead atoms. The molecule has 0 radical (unpaired) electrons. The fourth-order valence-electron chi connectivity index (χ4n) is 3.10. The zero-order valence-corrected chi connectivity index (χ0v) is 14.3. The summed E-state index contributed by atoms with van der Waals surface area (Å²) in [7, 11) is 1.65. The fourth-order valence-corrected chi connectivity index (χ4v) is 3.10. The van der Waals surface area contributed by atoms with Gasteiger partial charge in [-0.2, -0.15) is 0 Å². The Morgan fingerprint density at radius 3 is 2.72 bits per heavy atom. The summed E-state index contributed by atoms with van der Waals surface area (Å²) in [5.41, 5.74) is 3.96. The molecule has 0 aliphatic carbocycles. The first-order chi connectivity index (χ1) is 12.2. The first-order valence-corrected chi connectivity index (χ1v) is 8.60. The minimum atomic E-state index is -0.356. The normalized spacial score (nSPS) is 14.7. The molecule has 0 saturated carbocycles. The van der Waals surface area contributed by atoms with Crippen molar-refractivity contribution in [3.8, 4) is 0 Å². The molecule has 2 amide bonds. The second-order valence-electron chi connectivity index (χ2n) is 6.27. The molecule has 0 aromatic heterocycles. The van der Waals surface area contributed by atoms with Crippen molar-refractivity contribution in [3.05, 3.63) is 59.7 Å². The van der Waals surface area contributed by atoms with E-state index < -0.39 is 0 Å². The Balaban J connectivity index is 1.78. The van der Waals surface area contributed by atoms with E-state index in [9.17, 15) is 9.59 Å². The number of benzene rings is 2. The van der Waals surface area contributed by atoms with Gasteiger partial charge in [0.1, 0.15) is 6.04 Å². The highest BCUT2D eigenvalue weighted by Crippen LogP contribution is 2.26. The Labute approximate surface area is 147 Å². The molecule has 3 rings (SSSR count). The van der Waals surface area contributed by atoms with Crippen LogP contribution in [0.5, 0.6) is 0 Å². The Bertz CT molecular complexity index is 759. The van der Waals surface area contributed by atoms with Crippen LogP contribution in [0.1, 0.15) is 24.0 Å². The van der Waals surface area contributed by atoms with Gasteiger partial charge in [0.15, 0.2) is 0 Å². The summed E-state index contributed by atoms with van der Waals surface area (Å²) in [6, 6.07) is 15.4. The highest BCUT2D eigenvalue weighted by atomic mass is 16.2. The number of rotatable bonds is 5. The van der Waals surface area contributed by atoms with E-state index in [4.69, 9.17) is 0 Å². The van der Waals surface area contributed by atoms with Crippen LogP contribution < -0.4 is 16.0 Å². The number of anilines is 2. The molecule has 3 N–H and O–H groups in total. The molecule has 0 saturated heterocycles. The van der Waals surface area contributed by atoms with E-state index >= 15 is 0 Å². The van der Waals surface area contributed by atoms with Gasteiger partial charge < -0.3 is 16.0 Å². The van der Waals surface area contributed by atoms with Crippen molar-refractivity contribution < 1.29 is 9.59 Å². The molecule has 25 heavy (non-hydrogen) atoms. The third-order valence-corrected chi connectivity index (χ3v) is 4.42. The van der Waals surface area contributed by atoms with E-state index in [2.05, 4.69) is 16.0 Å². The van der Waals surface area contributed by atoms with Crippen LogP contribution in [-0.2, 0) is 22.4 Å². The highest BCUT2D eigenvalue weighted by Gasteiger charge is 2.19. The van der Waals surface area contributed by atoms with Gasteiger partial charge in [-0.3, -0.25) is 9.59 Å². The maximum atomic E-state index is 12.3. The Kier molecular flexibility index (Phi) is 5.33. The Morgan fingerprint density at radius 2 is 1.96 bits per heavy atom. The fraction of sp³-hybridized carbons (Fsp3) is 0.300. The second kappa shape index (κ2) is 7.83. The van der Waals surface area contributed by atoms with Crippen molar-refractivity contribution in [2.45, 2.75) is 31.7 Å². The maximum Gasteiger partial charge on any atom is 0.242 e. The quantitative estimate of drug-likeness (QED) is 0.786. The van der Waals surface area contributed by atoms with Crippen LogP contribution in [0.15, 0.2) is 48.5 Å². The van der Waals surface area contributed by atoms with Crippen molar-refractivity contribution in [2.75, 3.05) is 17.7 Å². The molecule has 0 spiro atoms. The summed E-state index contributed by atoms with van der Waals surface area (Å²) in [6.07, 6.45) is 2.85. The van der Waals surface area contributed by atoms with E-state index in [1.54, 1.807) is 7.05 Å². The highest BCUT2D eigenvalue weighted by molar-refractivity contribution is 5.92. The minimum Gasteiger partial charge on any atom is -0.373 e. The summed E-state index contributed by atoms with van der Waals surface area (Å²) >= 11 is 0.